The summed E-state index contributed by atoms with van der Waals surface area (Å²) in [4.78, 5) is 10.2. The second-order valence-electron chi connectivity index (χ2n) is 8.42. The van der Waals surface area contributed by atoms with E-state index in [4.69, 9.17) is 10.7 Å². The molecular weight excluding hydrogens is 396 g/mol. The highest BCUT2D eigenvalue weighted by Gasteiger charge is 2.16. The summed E-state index contributed by atoms with van der Waals surface area (Å²) in [6.07, 6.45) is 10.4. The highest BCUT2D eigenvalue weighted by molar-refractivity contribution is 6.00. The van der Waals surface area contributed by atoms with Crippen LogP contribution in [-0.4, -0.2) is 40.5 Å². The number of aryl methyl sites for hydroxylation is 1. The van der Waals surface area contributed by atoms with Crippen molar-refractivity contribution < 1.29 is 5.11 Å². The minimum atomic E-state index is 0.0826. The van der Waals surface area contributed by atoms with E-state index in [0.29, 0.717) is 0 Å². The number of allylic oxidation sites excluding steroid dienone is 2. The van der Waals surface area contributed by atoms with Crippen molar-refractivity contribution in [2.75, 3.05) is 18.8 Å². The topological polar surface area (TPSA) is 77.6 Å². The molecule has 2 heterocycles. The summed E-state index contributed by atoms with van der Waals surface area (Å²) in [7, 11) is 0. The van der Waals surface area contributed by atoms with E-state index < -0.39 is 0 Å². The van der Waals surface area contributed by atoms with Gasteiger partial charge in [-0.1, -0.05) is 38.1 Å². The van der Waals surface area contributed by atoms with Gasteiger partial charge in [-0.05, 0) is 66.8 Å². The molecule has 3 aromatic rings. The maximum atomic E-state index is 10.6. The smallest absolute Gasteiger partial charge is 0.196 e. The highest BCUT2D eigenvalue weighted by atomic mass is 16.3. The average Bonchev–Trinajstić information content (AvgIpc) is 3.09. The maximum Gasteiger partial charge on any atom is 0.196 e. The zero-order chi connectivity index (χ0) is 22.7. The number of aromatic hydroxyl groups is 1. The van der Waals surface area contributed by atoms with Gasteiger partial charge in [0.05, 0.1) is 0 Å². The minimum Gasteiger partial charge on any atom is -0.494 e. The van der Waals surface area contributed by atoms with Crippen molar-refractivity contribution in [3.8, 4) is 17.0 Å². The Balaban J connectivity index is 1.68. The number of fused-ring (bicyclic) bond motifs is 1. The van der Waals surface area contributed by atoms with Gasteiger partial charge in [0, 0.05) is 47.0 Å². The first-order valence-electron chi connectivity index (χ1n) is 11.4. The molecule has 0 bridgehead atoms. The number of aromatic nitrogens is 1. The number of nitrogens with zero attached hydrogens (tertiary/aromatic N) is 2. The predicted octanol–water partition coefficient (Wildman–Crippen LogP) is 5.90. The van der Waals surface area contributed by atoms with Crippen LogP contribution in [0.4, 0.5) is 5.69 Å². The fraction of sp³-hybridized carbons (Fsp3) is 0.296. The zero-order valence-electron chi connectivity index (χ0n) is 19.1. The minimum absolute atomic E-state index is 0.0826. The third-order valence-corrected chi connectivity index (χ3v) is 5.96. The lowest BCUT2D eigenvalue weighted by Gasteiger charge is -2.27. The van der Waals surface area contributed by atoms with Crippen molar-refractivity contribution in [3.05, 3.63) is 65.3 Å². The Morgan fingerprint density at radius 1 is 1.16 bits per heavy atom. The number of H-pyrrole nitrogens is 1. The normalized spacial score (nSPS) is 17.1. The van der Waals surface area contributed by atoms with Gasteiger partial charge in [-0.25, -0.2) is 0 Å². The number of anilines is 1. The number of nitrogens with two attached hydrogens (primary N) is 1. The average molecular weight is 429 g/mol. The van der Waals surface area contributed by atoms with Crippen LogP contribution in [0.25, 0.3) is 28.1 Å². The van der Waals surface area contributed by atoms with Gasteiger partial charge in [-0.2, -0.15) is 0 Å². The molecule has 32 heavy (non-hydrogen) atoms. The fourth-order valence-electron chi connectivity index (χ4n) is 4.46. The lowest BCUT2D eigenvalue weighted by Crippen LogP contribution is -2.34. The molecule has 1 atom stereocenters. The Bertz CT molecular complexity index is 1160. The predicted molar refractivity (Wildman–Crippen MR) is 136 cm³/mol. The summed E-state index contributed by atoms with van der Waals surface area (Å²) in [6.45, 7) is 8.53. The monoisotopic (exact) mass is 428 g/mol. The third-order valence-electron chi connectivity index (χ3n) is 5.96. The molecule has 0 radical (unpaired) electrons. The molecule has 0 fully saturated rings. The number of nitrogen functional groups attached to an aromatic ring is 1. The summed E-state index contributed by atoms with van der Waals surface area (Å²) in [5, 5.41) is 11.6. The van der Waals surface area contributed by atoms with E-state index in [2.05, 4.69) is 54.9 Å². The van der Waals surface area contributed by atoms with E-state index in [1.807, 2.05) is 36.6 Å². The van der Waals surface area contributed by atoms with E-state index in [-0.39, 0.29) is 12.0 Å². The van der Waals surface area contributed by atoms with Crippen molar-refractivity contribution in [3.63, 3.8) is 0 Å². The first-order chi connectivity index (χ1) is 15.5. The summed E-state index contributed by atoms with van der Waals surface area (Å²) in [6, 6.07) is 12.1. The Hall–Kier alpha value is -3.31. The molecule has 1 aromatic heterocycles. The fourth-order valence-corrected chi connectivity index (χ4v) is 4.46. The molecule has 166 valence electrons. The van der Waals surface area contributed by atoms with E-state index >= 15 is 0 Å². The van der Waals surface area contributed by atoms with Crippen LogP contribution in [0.15, 0.2) is 59.1 Å². The Morgan fingerprint density at radius 3 is 2.59 bits per heavy atom. The molecule has 0 amide bonds. The molecule has 0 saturated heterocycles. The standard InChI is InChI=1S/C27H32N4O/c1-4-13-31(14-5-2)25-12-9-19(17-29-25)15-22-21-16-20(10-11-24(21)30-27(22)32)26-18(3)7-6-8-23(26)28/h6-12,15-17,25,30,32H,4-5,13-14,28H2,1-3H3. The highest BCUT2D eigenvalue weighted by Crippen LogP contribution is 2.36. The number of rotatable bonds is 7. The van der Waals surface area contributed by atoms with Gasteiger partial charge < -0.3 is 15.8 Å². The zero-order valence-corrected chi connectivity index (χ0v) is 19.1. The molecule has 4 rings (SSSR count). The summed E-state index contributed by atoms with van der Waals surface area (Å²) in [5.74, 6) is 0.157. The summed E-state index contributed by atoms with van der Waals surface area (Å²) < 4.78 is 0. The Labute approximate surface area is 190 Å². The Kier molecular flexibility index (Phi) is 6.47. The van der Waals surface area contributed by atoms with Gasteiger partial charge in [0.15, 0.2) is 5.88 Å². The van der Waals surface area contributed by atoms with Crippen LogP contribution in [-0.2, 0) is 0 Å². The summed E-state index contributed by atoms with van der Waals surface area (Å²) in [5.41, 5.74) is 12.8. The Morgan fingerprint density at radius 2 is 1.94 bits per heavy atom. The van der Waals surface area contributed by atoms with Crippen LogP contribution < -0.4 is 5.73 Å². The van der Waals surface area contributed by atoms with Gasteiger partial charge in [-0.3, -0.25) is 9.89 Å². The number of nitrogens with one attached hydrogen (secondary N) is 1. The number of hydrogen-bond acceptors (Lipinski definition) is 4. The molecule has 5 nitrogen and oxygen atoms in total. The van der Waals surface area contributed by atoms with Crippen molar-refractivity contribution in [2.24, 2.45) is 4.99 Å². The van der Waals surface area contributed by atoms with E-state index in [1.165, 1.54) is 0 Å². The van der Waals surface area contributed by atoms with Gasteiger partial charge in [0.2, 0.25) is 0 Å². The molecule has 4 N–H and O–H groups in total. The maximum absolute atomic E-state index is 10.6. The van der Waals surface area contributed by atoms with E-state index in [1.54, 1.807) is 0 Å². The van der Waals surface area contributed by atoms with Crippen molar-refractivity contribution in [2.45, 2.75) is 39.8 Å². The second-order valence-corrected chi connectivity index (χ2v) is 8.42. The number of aromatic amines is 1. The van der Waals surface area contributed by atoms with Crippen molar-refractivity contribution in [1.82, 2.24) is 9.88 Å². The lowest BCUT2D eigenvalue weighted by atomic mass is 9.96. The van der Waals surface area contributed by atoms with Crippen LogP contribution in [0, 0.1) is 6.92 Å². The van der Waals surface area contributed by atoms with Crippen LogP contribution in [0.1, 0.15) is 37.8 Å². The first-order valence-corrected chi connectivity index (χ1v) is 11.4. The SMILES string of the molecule is CCCN(CCC)C1C=CC(=Cc2c(O)[nH]c3ccc(-c4c(C)cccc4N)cc23)C=N1. The third kappa shape index (κ3) is 4.34. The van der Waals surface area contributed by atoms with Crippen molar-refractivity contribution >= 4 is 28.9 Å². The number of aliphatic imine (C=N–C) groups is 1. The van der Waals surface area contributed by atoms with Gasteiger partial charge >= 0.3 is 0 Å². The van der Waals surface area contributed by atoms with Crippen molar-refractivity contribution in [1.29, 1.82) is 0 Å². The van der Waals surface area contributed by atoms with Crippen LogP contribution in [0.3, 0.4) is 0 Å². The van der Waals surface area contributed by atoms with Gasteiger partial charge in [0.1, 0.15) is 6.17 Å². The van der Waals surface area contributed by atoms with Crippen LogP contribution >= 0.6 is 0 Å². The summed E-state index contributed by atoms with van der Waals surface area (Å²) >= 11 is 0. The molecule has 0 saturated carbocycles. The molecule has 5 heteroatoms. The molecule has 2 aromatic carbocycles. The molecule has 1 unspecified atom stereocenters. The quantitative estimate of drug-likeness (QED) is 0.410. The molecule has 1 aliphatic heterocycles. The largest absolute Gasteiger partial charge is 0.494 e. The number of benzene rings is 2. The molecule has 0 spiro atoms. The number of hydrogen-bond donors (Lipinski definition) is 3. The lowest BCUT2D eigenvalue weighted by molar-refractivity contribution is 0.235. The van der Waals surface area contributed by atoms with E-state index in [0.717, 1.165) is 70.3 Å². The van der Waals surface area contributed by atoms with Crippen LogP contribution in [0.5, 0.6) is 5.88 Å². The van der Waals surface area contributed by atoms with Gasteiger partial charge in [-0.15, -0.1) is 0 Å². The van der Waals surface area contributed by atoms with E-state index in [9.17, 15) is 5.11 Å². The van der Waals surface area contributed by atoms with Gasteiger partial charge in [0.25, 0.3) is 0 Å². The number of dihydropyridines is 1. The molecule has 0 aliphatic carbocycles. The molecular formula is C27H32N4O. The van der Waals surface area contributed by atoms with Crippen LogP contribution in [0.2, 0.25) is 0 Å². The first kappa shape index (κ1) is 21.9. The second kappa shape index (κ2) is 9.45. The molecule has 1 aliphatic rings.